The molecule has 0 atom stereocenters. The number of aromatic nitrogens is 4. The summed E-state index contributed by atoms with van der Waals surface area (Å²) < 4.78 is 7.44. The first-order valence-corrected chi connectivity index (χ1v) is 11.3. The van der Waals surface area contributed by atoms with E-state index in [1.165, 1.54) is 11.8 Å². The van der Waals surface area contributed by atoms with Crippen LogP contribution in [0, 0.1) is 11.3 Å². The summed E-state index contributed by atoms with van der Waals surface area (Å²) in [7, 11) is 1.74. The van der Waals surface area contributed by atoms with Crippen molar-refractivity contribution >= 4 is 17.7 Å². The third-order valence-corrected chi connectivity index (χ3v) is 6.71. The van der Waals surface area contributed by atoms with E-state index in [9.17, 15) is 10.1 Å². The topological polar surface area (TPSA) is 101 Å². The number of carbonyl (C=O) groups is 1. The van der Waals surface area contributed by atoms with Gasteiger partial charge in [-0.05, 0) is 37.1 Å². The minimum atomic E-state index is -0.696. The Labute approximate surface area is 185 Å². The number of nitriles is 1. The molecule has 1 aliphatic rings. The summed E-state index contributed by atoms with van der Waals surface area (Å²) in [5.74, 6) is 1.53. The molecule has 1 amide bonds. The second kappa shape index (κ2) is 9.35. The molecule has 160 valence electrons. The highest BCUT2D eigenvalue weighted by atomic mass is 32.2. The Hall–Kier alpha value is -3.12. The van der Waals surface area contributed by atoms with Gasteiger partial charge in [0.2, 0.25) is 5.91 Å². The Morgan fingerprint density at radius 2 is 2.13 bits per heavy atom. The Balaban J connectivity index is 1.53. The lowest BCUT2D eigenvalue weighted by molar-refractivity contribution is -0.131. The molecule has 1 fully saturated rings. The Morgan fingerprint density at radius 1 is 1.29 bits per heavy atom. The molecule has 0 saturated heterocycles. The average Bonchev–Trinajstić information content (AvgIpc) is 3.48. The molecule has 1 saturated carbocycles. The van der Waals surface area contributed by atoms with E-state index >= 15 is 0 Å². The van der Waals surface area contributed by atoms with Crippen molar-refractivity contribution in [1.29, 1.82) is 5.26 Å². The number of furan rings is 1. The van der Waals surface area contributed by atoms with Crippen LogP contribution >= 0.6 is 11.8 Å². The first-order valence-electron chi connectivity index (χ1n) is 10.3. The van der Waals surface area contributed by atoms with Gasteiger partial charge in [0.05, 0.1) is 24.6 Å². The van der Waals surface area contributed by atoms with Crippen LogP contribution in [0.25, 0.3) is 11.4 Å². The van der Waals surface area contributed by atoms with Crippen LogP contribution in [0.5, 0.6) is 0 Å². The highest BCUT2D eigenvalue weighted by Crippen LogP contribution is 2.33. The summed E-state index contributed by atoms with van der Waals surface area (Å²) in [4.78, 5) is 18.8. The van der Waals surface area contributed by atoms with Crippen LogP contribution < -0.4 is 0 Å². The molecule has 0 bridgehead atoms. The fourth-order valence-corrected chi connectivity index (χ4v) is 4.78. The smallest absolute Gasteiger partial charge is 0.234 e. The summed E-state index contributed by atoms with van der Waals surface area (Å²) in [6.45, 7) is 0.443. The number of rotatable bonds is 7. The van der Waals surface area contributed by atoms with E-state index in [0.717, 1.165) is 43.4 Å². The fourth-order valence-electron chi connectivity index (χ4n) is 3.93. The third kappa shape index (κ3) is 4.49. The van der Waals surface area contributed by atoms with Crippen LogP contribution in [0.15, 0.2) is 52.5 Å². The maximum atomic E-state index is 13.0. The molecule has 0 aromatic carbocycles. The van der Waals surface area contributed by atoms with Crippen LogP contribution in [-0.2, 0) is 11.3 Å². The first-order chi connectivity index (χ1) is 15.1. The van der Waals surface area contributed by atoms with E-state index in [0.29, 0.717) is 17.5 Å². The van der Waals surface area contributed by atoms with Gasteiger partial charge < -0.3 is 9.32 Å². The Morgan fingerprint density at radius 3 is 2.81 bits per heavy atom. The predicted octanol–water partition coefficient (Wildman–Crippen LogP) is 3.76. The van der Waals surface area contributed by atoms with Crippen molar-refractivity contribution in [3.63, 3.8) is 0 Å². The Bertz CT molecular complexity index is 1050. The van der Waals surface area contributed by atoms with Gasteiger partial charge in [0, 0.05) is 25.0 Å². The fraction of sp³-hybridized carbons (Fsp3) is 0.409. The second-order valence-corrected chi connectivity index (χ2v) is 8.60. The van der Waals surface area contributed by atoms with Gasteiger partial charge in [-0.1, -0.05) is 31.0 Å². The molecule has 3 aromatic heterocycles. The van der Waals surface area contributed by atoms with Gasteiger partial charge in [0.1, 0.15) is 11.3 Å². The molecule has 0 spiro atoms. The molecular weight excluding hydrogens is 412 g/mol. The maximum absolute atomic E-state index is 13.0. The van der Waals surface area contributed by atoms with E-state index in [1.807, 2.05) is 28.8 Å². The zero-order chi connectivity index (χ0) is 21.7. The number of pyridine rings is 1. The van der Waals surface area contributed by atoms with Gasteiger partial charge in [-0.3, -0.25) is 14.3 Å². The Kier molecular flexibility index (Phi) is 6.37. The first kappa shape index (κ1) is 21.1. The van der Waals surface area contributed by atoms with Gasteiger partial charge in [0.15, 0.2) is 11.0 Å². The normalized spacial score (nSPS) is 15.4. The summed E-state index contributed by atoms with van der Waals surface area (Å²) in [6, 6.07) is 9.89. The van der Waals surface area contributed by atoms with Crippen LogP contribution in [0.2, 0.25) is 0 Å². The van der Waals surface area contributed by atoms with Gasteiger partial charge in [-0.2, -0.15) is 5.26 Å². The van der Waals surface area contributed by atoms with Crippen LogP contribution in [0.4, 0.5) is 0 Å². The molecule has 9 heteroatoms. The lowest BCUT2D eigenvalue weighted by Crippen LogP contribution is -2.50. The third-order valence-electron chi connectivity index (χ3n) is 5.76. The molecule has 4 rings (SSSR count). The molecular formula is C22H24N6O2S. The molecule has 0 unspecified atom stereocenters. The van der Waals surface area contributed by atoms with Crippen LogP contribution in [-0.4, -0.2) is 48.9 Å². The zero-order valence-electron chi connectivity index (χ0n) is 17.4. The monoisotopic (exact) mass is 436 g/mol. The van der Waals surface area contributed by atoms with Crippen molar-refractivity contribution in [2.45, 2.75) is 49.3 Å². The summed E-state index contributed by atoms with van der Waals surface area (Å²) >= 11 is 1.32. The minimum absolute atomic E-state index is 0.0797. The number of hydrogen-bond donors (Lipinski definition) is 0. The molecule has 0 N–H and O–H groups in total. The van der Waals surface area contributed by atoms with Crippen molar-refractivity contribution in [3.8, 4) is 17.5 Å². The van der Waals surface area contributed by atoms with Gasteiger partial charge in [-0.15, -0.1) is 10.2 Å². The molecule has 1 aliphatic carbocycles. The number of carbonyl (C=O) groups excluding carboxylic acids is 1. The minimum Gasteiger partial charge on any atom is -0.467 e. The predicted molar refractivity (Wildman–Crippen MR) is 116 cm³/mol. The SMILES string of the molecule is CN(C(=O)CSc1nnc(-c2cccnc2)n1Cc1ccco1)C1(C#N)CCCCC1. The van der Waals surface area contributed by atoms with Gasteiger partial charge >= 0.3 is 0 Å². The number of hydrogen-bond acceptors (Lipinski definition) is 7. The van der Waals surface area contributed by atoms with E-state index in [1.54, 1.807) is 30.6 Å². The quantitative estimate of drug-likeness (QED) is 0.520. The molecule has 8 nitrogen and oxygen atoms in total. The standard InChI is InChI=1S/C22H24N6O2S/c1-27(22(16-23)9-3-2-4-10-22)19(29)15-31-21-26-25-20(17-7-5-11-24-13-17)28(21)14-18-8-6-12-30-18/h5-8,11-13H,2-4,9-10,14-15H2,1H3. The van der Waals surface area contributed by atoms with E-state index in [-0.39, 0.29) is 11.7 Å². The van der Waals surface area contributed by atoms with Crippen molar-refractivity contribution in [2.75, 3.05) is 12.8 Å². The van der Waals surface area contributed by atoms with Gasteiger partial charge in [-0.25, -0.2) is 0 Å². The lowest BCUT2D eigenvalue weighted by Gasteiger charge is -2.39. The van der Waals surface area contributed by atoms with Crippen LogP contribution in [0.3, 0.4) is 0 Å². The van der Waals surface area contributed by atoms with Crippen molar-refractivity contribution in [2.24, 2.45) is 0 Å². The second-order valence-electron chi connectivity index (χ2n) is 7.66. The summed E-state index contributed by atoms with van der Waals surface area (Å²) in [5.41, 5.74) is 0.140. The van der Waals surface area contributed by atoms with Crippen molar-refractivity contribution in [1.82, 2.24) is 24.6 Å². The van der Waals surface area contributed by atoms with Crippen molar-refractivity contribution in [3.05, 3.63) is 48.7 Å². The molecule has 0 radical (unpaired) electrons. The lowest BCUT2D eigenvalue weighted by atomic mass is 9.81. The molecule has 3 aromatic rings. The van der Waals surface area contributed by atoms with Gasteiger partial charge in [0.25, 0.3) is 0 Å². The highest BCUT2D eigenvalue weighted by molar-refractivity contribution is 7.99. The number of thioether (sulfide) groups is 1. The molecule has 31 heavy (non-hydrogen) atoms. The van der Waals surface area contributed by atoms with E-state index < -0.39 is 5.54 Å². The summed E-state index contributed by atoms with van der Waals surface area (Å²) in [5, 5.41) is 19.1. The number of nitrogens with zero attached hydrogens (tertiary/aromatic N) is 6. The summed E-state index contributed by atoms with van der Waals surface area (Å²) in [6.07, 6.45) is 9.60. The largest absolute Gasteiger partial charge is 0.467 e. The maximum Gasteiger partial charge on any atom is 0.234 e. The van der Waals surface area contributed by atoms with E-state index in [2.05, 4.69) is 21.3 Å². The molecule has 3 heterocycles. The highest BCUT2D eigenvalue weighted by Gasteiger charge is 2.38. The van der Waals surface area contributed by atoms with E-state index in [4.69, 9.17) is 4.42 Å². The average molecular weight is 437 g/mol. The van der Waals surface area contributed by atoms with Crippen LogP contribution in [0.1, 0.15) is 37.9 Å². The molecule has 0 aliphatic heterocycles. The zero-order valence-corrected chi connectivity index (χ0v) is 18.2. The number of amides is 1. The van der Waals surface area contributed by atoms with Crippen molar-refractivity contribution < 1.29 is 9.21 Å².